The number of hydrogen-bond acceptors (Lipinski definition) is 2. The topological polar surface area (TPSA) is 54.7 Å². The standard InChI is InChI=1S/C16H21Cl2N3/c1-9(16(2,3)4)8-12-14(15(19)21-20-12)13-10(17)6-5-7-11(13)18/h5-7,9H,8H2,1-4H3,(H3,19,20,21). The predicted molar refractivity (Wildman–Crippen MR) is 90.8 cm³/mol. The third-order valence-corrected chi connectivity index (χ3v) is 4.70. The smallest absolute Gasteiger partial charge is 0.153 e. The van der Waals surface area contributed by atoms with Gasteiger partial charge in [-0.1, -0.05) is 57.0 Å². The van der Waals surface area contributed by atoms with Gasteiger partial charge in [-0.3, -0.25) is 5.10 Å². The molecule has 0 aliphatic carbocycles. The maximum Gasteiger partial charge on any atom is 0.153 e. The second-order valence-corrected chi connectivity index (χ2v) is 7.34. The molecule has 2 rings (SSSR count). The van der Waals surface area contributed by atoms with Crippen molar-refractivity contribution >= 4 is 29.0 Å². The van der Waals surface area contributed by atoms with Crippen molar-refractivity contribution in [3.63, 3.8) is 0 Å². The summed E-state index contributed by atoms with van der Waals surface area (Å²) in [7, 11) is 0. The summed E-state index contributed by atoms with van der Waals surface area (Å²) < 4.78 is 0. The fourth-order valence-corrected chi connectivity index (χ4v) is 2.76. The lowest BCUT2D eigenvalue weighted by Gasteiger charge is -2.27. The van der Waals surface area contributed by atoms with Gasteiger partial charge in [-0.15, -0.1) is 0 Å². The molecule has 1 aromatic heterocycles. The fraction of sp³-hybridized carbons (Fsp3) is 0.438. The van der Waals surface area contributed by atoms with Gasteiger partial charge >= 0.3 is 0 Å². The largest absolute Gasteiger partial charge is 0.382 e. The lowest BCUT2D eigenvalue weighted by molar-refractivity contribution is 0.258. The number of benzene rings is 1. The highest BCUT2D eigenvalue weighted by Gasteiger charge is 2.25. The molecule has 114 valence electrons. The Morgan fingerprint density at radius 3 is 2.29 bits per heavy atom. The number of nitrogen functional groups attached to an aromatic ring is 1. The number of aromatic amines is 1. The molecular weight excluding hydrogens is 305 g/mol. The van der Waals surface area contributed by atoms with Crippen LogP contribution in [0, 0.1) is 11.3 Å². The average molecular weight is 326 g/mol. The monoisotopic (exact) mass is 325 g/mol. The van der Waals surface area contributed by atoms with Crippen molar-refractivity contribution in [3.05, 3.63) is 33.9 Å². The van der Waals surface area contributed by atoms with E-state index in [9.17, 15) is 0 Å². The summed E-state index contributed by atoms with van der Waals surface area (Å²) >= 11 is 12.6. The number of hydrogen-bond donors (Lipinski definition) is 2. The van der Waals surface area contributed by atoms with Gasteiger partial charge in [0.15, 0.2) is 5.82 Å². The van der Waals surface area contributed by atoms with Crippen LogP contribution in [0.15, 0.2) is 18.2 Å². The van der Waals surface area contributed by atoms with Crippen LogP contribution in [0.25, 0.3) is 11.1 Å². The van der Waals surface area contributed by atoms with Crippen LogP contribution in [0.4, 0.5) is 5.82 Å². The van der Waals surface area contributed by atoms with Gasteiger partial charge in [-0.25, -0.2) is 0 Å². The number of halogens is 2. The molecule has 3 N–H and O–H groups in total. The highest BCUT2D eigenvalue weighted by Crippen LogP contribution is 2.40. The van der Waals surface area contributed by atoms with E-state index in [1.165, 1.54) is 0 Å². The summed E-state index contributed by atoms with van der Waals surface area (Å²) in [6, 6.07) is 5.44. The maximum absolute atomic E-state index is 6.31. The van der Waals surface area contributed by atoms with Crippen molar-refractivity contribution in [2.75, 3.05) is 5.73 Å². The first-order valence-corrected chi connectivity index (χ1v) is 7.74. The summed E-state index contributed by atoms with van der Waals surface area (Å²) in [5, 5.41) is 8.35. The van der Waals surface area contributed by atoms with Crippen molar-refractivity contribution in [1.82, 2.24) is 10.2 Å². The molecule has 2 aromatic rings. The van der Waals surface area contributed by atoms with Gasteiger partial charge in [0.2, 0.25) is 0 Å². The molecule has 1 aromatic carbocycles. The molecule has 0 aliphatic rings. The summed E-state index contributed by atoms with van der Waals surface area (Å²) in [5.74, 6) is 0.887. The molecule has 5 heteroatoms. The van der Waals surface area contributed by atoms with Gasteiger partial charge in [0, 0.05) is 16.8 Å². The minimum atomic E-state index is 0.196. The molecule has 0 radical (unpaired) electrons. The summed E-state index contributed by atoms with van der Waals surface area (Å²) in [6.07, 6.45) is 0.838. The van der Waals surface area contributed by atoms with Crippen molar-refractivity contribution in [2.45, 2.75) is 34.1 Å². The Kier molecular flexibility index (Phi) is 4.54. The van der Waals surface area contributed by atoms with Gasteiger partial charge in [-0.05, 0) is 29.9 Å². The maximum atomic E-state index is 6.31. The molecule has 21 heavy (non-hydrogen) atoms. The molecule has 0 amide bonds. The van der Waals surface area contributed by atoms with Crippen LogP contribution in [-0.2, 0) is 6.42 Å². The zero-order valence-electron chi connectivity index (χ0n) is 12.8. The van der Waals surface area contributed by atoms with E-state index in [4.69, 9.17) is 28.9 Å². The molecule has 0 bridgehead atoms. The third kappa shape index (κ3) is 3.35. The Hall–Kier alpha value is -1.19. The Morgan fingerprint density at radius 2 is 1.76 bits per heavy atom. The van der Waals surface area contributed by atoms with Crippen LogP contribution in [0.2, 0.25) is 10.0 Å². The Labute approximate surface area is 135 Å². The van der Waals surface area contributed by atoms with E-state index in [2.05, 4.69) is 37.9 Å². The quantitative estimate of drug-likeness (QED) is 0.815. The minimum absolute atomic E-state index is 0.196. The van der Waals surface area contributed by atoms with Crippen molar-refractivity contribution < 1.29 is 0 Å². The van der Waals surface area contributed by atoms with Gasteiger partial charge in [0.1, 0.15) is 0 Å². The van der Waals surface area contributed by atoms with Gasteiger partial charge in [-0.2, -0.15) is 5.10 Å². The summed E-state index contributed by atoms with van der Waals surface area (Å²) in [4.78, 5) is 0. The average Bonchev–Trinajstić information content (AvgIpc) is 2.70. The van der Waals surface area contributed by atoms with Crippen LogP contribution in [0.1, 0.15) is 33.4 Å². The highest BCUT2D eigenvalue weighted by molar-refractivity contribution is 6.39. The predicted octanol–water partition coefficient (Wildman–Crippen LogP) is 5.19. The van der Waals surface area contributed by atoms with Gasteiger partial charge in [0.25, 0.3) is 0 Å². The zero-order valence-corrected chi connectivity index (χ0v) is 14.3. The van der Waals surface area contributed by atoms with Crippen LogP contribution >= 0.6 is 23.2 Å². The highest BCUT2D eigenvalue weighted by atomic mass is 35.5. The number of nitrogens with one attached hydrogen (secondary N) is 1. The second-order valence-electron chi connectivity index (χ2n) is 6.53. The van der Waals surface area contributed by atoms with Crippen LogP contribution in [-0.4, -0.2) is 10.2 Å². The van der Waals surface area contributed by atoms with E-state index in [1.54, 1.807) is 0 Å². The zero-order chi connectivity index (χ0) is 15.8. The summed E-state index contributed by atoms with van der Waals surface area (Å²) in [5.41, 5.74) is 8.78. The van der Waals surface area contributed by atoms with E-state index in [1.807, 2.05) is 18.2 Å². The molecule has 3 nitrogen and oxygen atoms in total. The Bertz CT molecular complexity index is 621. The molecule has 0 aliphatic heterocycles. The van der Waals surface area contributed by atoms with Crippen molar-refractivity contribution in [2.24, 2.45) is 11.3 Å². The second kappa shape index (κ2) is 5.90. The van der Waals surface area contributed by atoms with E-state index in [0.717, 1.165) is 23.2 Å². The first-order chi connectivity index (χ1) is 9.71. The van der Waals surface area contributed by atoms with Crippen LogP contribution in [0.5, 0.6) is 0 Å². The third-order valence-electron chi connectivity index (χ3n) is 4.07. The van der Waals surface area contributed by atoms with Gasteiger partial charge < -0.3 is 5.73 Å². The number of nitrogens with zero attached hydrogens (tertiary/aromatic N) is 1. The van der Waals surface area contributed by atoms with Crippen molar-refractivity contribution in [3.8, 4) is 11.1 Å². The molecule has 0 saturated heterocycles. The minimum Gasteiger partial charge on any atom is -0.382 e. The van der Waals surface area contributed by atoms with Crippen LogP contribution < -0.4 is 5.73 Å². The Morgan fingerprint density at radius 1 is 1.19 bits per heavy atom. The fourth-order valence-electron chi connectivity index (χ4n) is 2.17. The number of anilines is 1. The van der Waals surface area contributed by atoms with E-state index in [-0.39, 0.29) is 5.41 Å². The molecule has 1 unspecified atom stereocenters. The Balaban J connectivity index is 2.49. The summed E-state index contributed by atoms with van der Waals surface area (Å²) in [6.45, 7) is 8.88. The lowest BCUT2D eigenvalue weighted by atomic mass is 9.79. The van der Waals surface area contributed by atoms with Gasteiger partial charge in [0.05, 0.1) is 10.0 Å². The molecule has 0 fully saturated rings. The number of aromatic nitrogens is 2. The number of H-pyrrole nitrogens is 1. The molecule has 1 atom stereocenters. The number of nitrogens with two attached hydrogens (primary N) is 1. The number of rotatable bonds is 3. The lowest BCUT2D eigenvalue weighted by Crippen LogP contribution is -2.19. The molecule has 0 saturated carbocycles. The van der Waals surface area contributed by atoms with Crippen molar-refractivity contribution in [1.29, 1.82) is 0 Å². The van der Waals surface area contributed by atoms with E-state index < -0.39 is 0 Å². The molecule has 1 heterocycles. The first-order valence-electron chi connectivity index (χ1n) is 6.99. The van der Waals surface area contributed by atoms with E-state index in [0.29, 0.717) is 21.8 Å². The molecule has 0 spiro atoms. The SMILES string of the molecule is CC(Cc1[nH]nc(N)c1-c1c(Cl)cccc1Cl)C(C)(C)C. The first kappa shape index (κ1) is 16.2. The van der Waals surface area contributed by atoms with Crippen LogP contribution in [0.3, 0.4) is 0 Å². The molecular formula is C16H21Cl2N3. The normalized spacial score (nSPS) is 13.4. The van der Waals surface area contributed by atoms with E-state index >= 15 is 0 Å².